The van der Waals surface area contributed by atoms with Gasteiger partial charge in [0.1, 0.15) is 0 Å². The van der Waals surface area contributed by atoms with Crippen molar-refractivity contribution in [2.75, 3.05) is 12.3 Å². The van der Waals surface area contributed by atoms with Crippen molar-refractivity contribution in [3.8, 4) is 0 Å². The van der Waals surface area contributed by atoms with Crippen LogP contribution in [0.1, 0.15) is 18.1 Å². The lowest BCUT2D eigenvalue weighted by Crippen LogP contribution is -2.27. The molecular weight excluding hydrogens is 286 g/mol. The lowest BCUT2D eigenvalue weighted by atomic mass is 10.1. The Morgan fingerprint density at radius 2 is 1.90 bits per heavy atom. The Morgan fingerprint density at radius 1 is 1.19 bits per heavy atom. The Hall–Kier alpha value is -1.92. The number of aryl methyl sites for hydroxylation is 1. The van der Waals surface area contributed by atoms with Crippen LogP contribution in [0.4, 0.5) is 5.69 Å². The molecule has 0 aliphatic carbocycles. The second kappa shape index (κ2) is 6.69. The van der Waals surface area contributed by atoms with Crippen LogP contribution >= 0.6 is 0 Å². The molecule has 0 saturated carbocycles. The average Bonchev–Trinajstić information content (AvgIpc) is 2.48. The highest BCUT2D eigenvalue weighted by molar-refractivity contribution is 7.89. The van der Waals surface area contributed by atoms with E-state index < -0.39 is 10.0 Å². The summed E-state index contributed by atoms with van der Waals surface area (Å²) >= 11 is 0. The van der Waals surface area contributed by atoms with E-state index in [0.717, 1.165) is 11.1 Å². The molecule has 0 amide bonds. The number of nitrogens with two attached hydrogens (primary N) is 1. The fourth-order valence-electron chi connectivity index (χ4n) is 2.07. The highest BCUT2D eigenvalue weighted by atomic mass is 32.2. The normalized spacial score (nSPS) is 11.5. The molecule has 0 aliphatic heterocycles. The lowest BCUT2D eigenvalue weighted by molar-refractivity contribution is 0.580. The Morgan fingerprint density at radius 3 is 2.57 bits per heavy atom. The number of nitrogens with one attached hydrogen (secondary N) is 1. The summed E-state index contributed by atoms with van der Waals surface area (Å²) in [7, 11) is -3.54. The third-order valence-electron chi connectivity index (χ3n) is 3.22. The van der Waals surface area contributed by atoms with Gasteiger partial charge in [0.15, 0.2) is 0 Å². The standard InChI is InChI=1S/C15H19N3O2S/c1-2-13-3-4-14(16)11-15(13)21(19,20)18-10-7-12-5-8-17-9-6-12/h3-6,8-9,11,18H,2,7,10,16H2,1H3. The molecule has 112 valence electrons. The molecule has 1 heterocycles. The maximum absolute atomic E-state index is 12.4. The van der Waals surface area contributed by atoms with E-state index in [4.69, 9.17) is 5.73 Å². The first-order valence-electron chi connectivity index (χ1n) is 6.80. The number of benzene rings is 1. The predicted molar refractivity (Wildman–Crippen MR) is 83.4 cm³/mol. The van der Waals surface area contributed by atoms with Gasteiger partial charge in [0.05, 0.1) is 4.90 Å². The van der Waals surface area contributed by atoms with Crippen LogP contribution in [-0.2, 0) is 22.9 Å². The van der Waals surface area contributed by atoms with Crippen LogP contribution in [0.5, 0.6) is 0 Å². The molecule has 0 aliphatic rings. The van der Waals surface area contributed by atoms with Gasteiger partial charge in [0.25, 0.3) is 0 Å². The molecule has 0 spiro atoms. The third kappa shape index (κ3) is 4.03. The molecule has 0 bridgehead atoms. The summed E-state index contributed by atoms with van der Waals surface area (Å²) in [5.74, 6) is 0. The topological polar surface area (TPSA) is 85.1 Å². The molecule has 0 radical (unpaired) electrons. The van der Waals surface area contributed by atoms with Gasteiger partial charge in [-0.05, 0) is 48.2 Å². The summed E-state index contributed by atoms with van der Waals surface area (Å²) in [5, 5.41) is 0. The monoisotopic (exact) mass is 305 g/mol. The van der Waals surface area contributed by atoms with Gasteiger partial charge in [0, 0.05) is 24.6 Å². The van der Waals surface area contributed by atoms with Crippen LogP contribution in [0.3, 0.4) is 0 Å². The van der Waals surface area contributed by atoms with E-state index in [9.17, 15) is 8.42 Å². The van der Waals surface area contributed by atoms with Crippen LogP contribution < -0.4 is 10.5 Å². The van der Waals surface area contributed by atoms with Crippen molar-refractivity contribution in [2.45, 2.75) is 24.7 Å². The molecule has 5 nitrogen and oxygen atoms in total. The van der Waals surface area contributed by atoms with Crippen LogP contribution in [0.2, 0.25) is 0 Å². The van der Waals surface area contributed by atoms with Gasteiger partial charge in [-0.25, -0.2) is 13.1 Å². The van der Waals surface area contributed by atoms with Gasteiger partial charge in [-0.2, -0.15) is 0 Å². The van der Waals surface area contributed by atoms with Gasteiger partial charge < -0.3 is 5.73 Å². The molecule has 2 rings (SSSR count). The summed E-state index contributed by atoms with van der Waals surface area (Å²) in [6.07, 6.45) is 4.64. The van der Waals surface area contributed by atoms with Crippen LogP contribution in [0, 0.1) is 0 Å². The van der Waals surface area contributed by atoms with Crippen LogP contribution in [0.15, 0.2) is 47.6 Å². The summed E-state index contributed by atoms with van der Waals surface area (Å²) in [5.41, 5.74) is 7.95. The summed E-state index contributed by atoms with van der Waals surface area (Å²) < 4.78 is 27.4. The number of anilines is 1. The van der Waals surface area contributed by atoms with Crippen LogP contribution in [0.25, 0.3) is 0 Å². The van der Waals surface area contributed by atoms with Crippen molar-refractivity contribution >= 4 is 15.7 Å². The fraction of sp³-hybridized carbons (Fsp3) is 0.267. The van der Waals surface area contributed by atoms with Crippen molar-refractivity contribution in [1.82, 2.24) is 9.71 Å². The molecule has 0 saturated heterocycles. The van der Waals surface area contributed by atoms with Crippen molar-refractivity contribution in [2.24, 2.45) is 0 Å². The van der Waals surface area contributed by atoms with Gasteiger partial charge in [0.2, 0.25) is 10.0 Å². The Kier molecular flexibility index (Phi) is 4.93. The minimum absolute atomic E-state index is 0.264. The van der Waals surface area contributed by atoms with Crippen molar-refractivity contribution in [3.63, 3.8) is 0 Å². The first kappa shape index (κ1) is 15.5. The number of sulfonamides is 1. The van der Waals surface area contributed by atoms with Crippen molar-refractivity contribution < 1.29 is 8.42 Å². The lowest BCUT2D eigenvalue weighted by Gasteiger charge is -2.11. The van der Waals surface area contributed by atoms with E-state index in [1.54, 1.807) is 24.5 Å². The summed E-state index contributed by atoms with van der Waals surface area (Å²) in [6, 6.07) is 8.72. The first-order valence-corrected chi connectivity index (χ1v) is 8.28. The number of nitrogen functional groups attached to an aromatic ring is 1. The molecule has 1 aromatic heterocycles. The van der Waals surface area contributed by atoms with Gasteiger partial charge in [-0.1, -0.05) is 13.0 Å². The fourth-order valence-corrected chi connectivity index (χ4v) is 3.45. The minimum atomic E-state index is -3.54. The highest BCUT2D eigenvalue weighted by Gasteiger charge is 2.17. The molecule has 3 N–H and O–H groups in total. The van der Waals surface area contributed by atoms with E-state index in [0.29, 0.717) is 25.1 Å². The van der Waals surface area contributed by atoms with E-state index in [1.165, 1.54) is 6.07 Å². The van der Waals surface area contributed by atoms with Crippen molar-refractivity contribution in [1.29, 1.82) is 0 Å². The summed E-state index contributed by atoms with van der Waals surface area (Å²) in [6.45, 7) is 2.26. The zero-order chi connectivity index (χ0) is 15.3. The molecule has 0 atom stereocenters. The second-order valence-corrected chi connectivity index (χ2v) is 6.46. The van der Waals surface area contributed by atoms with Gasteiger partial charge >= 0.3 is 0 Å². The average molecular weight is 305 g/mol. The van der Waals surface area contributed by atoms with Gasteiger partial charge in [-0.3, -0.25) is 4.98 Å². The molecular formula is C15H19N3O2S. The molecule has 21 heavy (non-hydrogen) atoms. The SMILES string of the molecule is CCc1ccc(N)cc1S(=O)(=O)NCCc1ccncc1. The number of nitrogens with zero attached hydrogens (tertiary/aromatic N) is 1. The van der Waals surface area contributed by atoms with Crippen LogP contribution in [-0.4, -0.2) is 19.9 Å². The van der Waals surface area contributed by atoms with Gasteiger partial charge in [-0.15, -0.1) is 0 Å². The number of pyridine rings is 1. The molecule has 0 fully saturated rings. The largest absolute Gasteiger partial charge is 0.399 e. The zero-order valence-electron chi connectivity index (χ0n) is 11.9. The Labute approximate surface area is 125 Å². The van der Waals surface area contributed by atoms with E-state index in [1.807, 2.05) is 19.1 Å². The Balaban J connectivity index is 2.10. The van der Waals surface area contributed by atoms with E-state index in [2.05, 4.69) is 9.71 Å². The maximum Gasteiger partial charge on any atom is 0.240 e. The first-order chi connectivity index (χ1) is 10.0. The maximum atomic E-state index is 12.4. The van der Waals surface area contributed by atoms with Crippen molar-refractivity contribution in [3.05, 3.63) is 53.9 Å². The molecule has 0 unspecified atom stereocenters. The zero-order valence-corrected chi connectivity index (χ0v) is 12.7. The van der Waals surface area contributed by atoms with E-state index in [-0.39, 0.29) is 4.90 Å². The number of aromatic nitrogens is 1. The number of hydrogen-bond acceptors (Lipinski definition) is 4. The predicted octanol–water partition coefficient (Wildman–Crippen LogP) is 1.75. The second-order valence-electron chi connectivity index (χ2n) is 4.72. The van der Waals surface area contributed by atoms with E-state index >= 15 is 0 Å². The minimum Gasteiger partial charge on any atom is -0.399 e. The number of rotatable bonds is 6. The quantitative estimate of drug-likeness (QED) is 0.796. The summed E-state index contributed by atoms with van der Waals surface area (Å²) in [4.78, 5) is 4.19. The third-order valence-corrected chi connectivity index (χ3v) is 4.76. The molecule has 1 aromatic carbocycles. The Bertz CT molecular complexity index is 700. The molecule has 6 heteroatoms. The smallest absolute Gasteiger partial charge is 0.240 e. The highest BCUT2D eigenvalue weighted by Crippen LogP contribution is 2.19. The molecule has 2 aromatic rings. The number of hydrogen-bond donors (Lipinski definition) is 2.